The van der Waals surface area contributed by atoms with Gasteiger partial charge in [-0.05, 0) is 12.5 Å². The van der Waals surface area contributed by atoms with E-state index < -0.39 is 5.97 Å². The molecule has 1 heterocycles. The van der Waals surface area contributed by atoms with E-state index in [-0.39, 0.29) is 6.54 Å². The first-order chi connectivity index (χ1) is 6.74. The van der Waals surface area contributed by atoms with Gasteiger partial charge in [0.25, 0.3) is 0 Å². The van der Waals surface area contributed by atoms with Crippen LogP contribution < -0.4 is 4.90 Å². The smallest absolute Gasteiger partial charge is 0.323 e. The maximum absolute atomic E-state index is 10.6. The van der Waals surface area contributed by atoms with Gasteiger partial charge in [-0.3, -0.25) is 4.79 Å². The molecule has 1 aromatic heterocycles. The fraction of sp³-hybridized carbons (Fsp3) is 0.444. The zero-order chi connectivity index (χ0) is 10.4. The minimum Gasteiger partial charge on any atom is -0.480 e. The lowest BCUT2D eigenvalue weighted by Crippen LogP contribution is -2.31. The highest BCUT2D eigenvalue weighted by atomic mass is 16.4. The van der Waals surface area contributed by atoms with Crippen molar-refractivity contribution in [3.05, 3.63) is 18.5 Å². The Morgan fingerprint density at radius 1 is 1.50 bits per heavy atom. The number of carboxylic acids is 1. The zero-order valence-corrected chi connectivity index (χ0v) is 8.05. The molecule has 0 amide bonds. The third kappa shape index (κ3) is 3.01. The van der Waals surface area contributed by atoms with Crippen molar-refractivity contribution in [2.24, 2.45) is 0 Å². The standard InChI is InChI=1S/C9H13N3O2/c1-2-6-12(7-8(13)14)9-10-4-3-5-11-9/h3-5H,2,6-7H2,1H3,(H,13,14). The van der Waals surface area contributed by atoms with Gasteiger partial charge in [0.05, 0.1) is 0 Å². The van der Waals surface area contributed by atoms with E-state index >= 15 is 0 Å². The van der Waals surface area contributed by atoms with Crippen LogP contribution in [0.3, 0.4) is 0 Å². The number of aromatic nitrogens is 2. The van der Waals surface area contributed by atoms with Crippen molar-refractivity contribution in [1.29, 1.82) is 0 Å². The minimum atomic E-state index is -0.870. The first kappa shape index (κ1) is 10.4. The SMILES string of the molecule is CCCN(CC(=O)O)c1ncccn1. The summed E-state index contributed by atoms with van der Waals surface area (Å²) in [4.78, 5) is 20.2. The molecule has 0 aromatic carbocycles. The van der Waals surface area contributed by atoms with Crippen molar-refractivity contribution in [3.63, 3.8) is 0 Å². The molecule has 14 heavy (non-hydrogen) atoms. The number of rotatable bonds is 5. The highest BCUT2D eigenvalue weighted by molar-refractivity contribution is 5.72. The molecule has 5 heteroatoms. The van der Waals surface area contributed by atoms with E-state index in [0.29, 0.717) is 12.5 Å². The van der Waals surface area contributed by atoms with E-state index in [1.165, 1.54) is 0 Å². The Morgan fingerprint density at radius 3 is 2.64 bits per heavy atom. The average molecular weight is 195 g/mol. The second-order valence-electron chi connectivity index (χ2n) is 2.86. The molecular weight excluding hydrogens is 182 g/mol. The van der Waals surface area contributed by atoms with Crippen LogP contribution in [0.25, 0.3) is 0 Å². The molecule has 0 aliphatic heterocycles. The largest absolute Gasteiger partial charge is 0.480 e. The summed E-state index contributed by atoms with van der Waals surface area (Å²) in [5.74, 6) is -0.400. The molecule has 0 spiro atoms. The molecule has 0 saturated carbocycles. The zero-order valence-electron chi connectivity index (χ0n) is 8.05. The lowest BCUT2D eigenvalue weighted by molar-refractivity contribution is -0.135. The molecule has 5 nitrogen and oxygen atoms in total. The van der Waals surface area contributed by atoms with Crippen molar-refractivity contribution in [1.82, 2.24) is 9.97 Å². The topological polar surface area (TPSA) is 66.3 Å². The highest BCUT2D eigenvalue weighted by Gasteiger charge is 2.11. The van der Waals surface area contributed by atoms with E-state index in [1.807, 2.05) is 6.92 Å². The quantitative estimate of drug-likeness (QED) is 0.752. The van der Waals surface area contributed by atoms with E-state index in [1.54, 1.807) is 23.4 Å². The fourth-order valence-electron chi connectivity index (χ4n) is 1.14. The van der Waals surface area contributed by atoms with E-state index in [2.05, 4.69) is 9.97 Å². The maximum atomic E-state index is 10.6. The summed E-state index contributed by atoms with van der Waals surface area (Å²) in [5, 5.41) is 8.67. The van der Waals surface area contributed by atoms with E-state index in [9.17, 15) is 4.79 Å². The van der Waals surface area contributed by atoms with Gasteiger partial charge in [-0.15, -0.1) is 0 Å². The van der Waals surface area contributed by atoms with Gasteiger partial charge >= 0.3 is 5.97 Å². The summed E-state index contributed by atoms with van der Waals surface area (Å²) in [6.07, 6.45) is 4.07. The molecule has 0 atom stereocenters. The summed E-state index contributed by atoms with van der Waals surface area (Å²) in [6, 6.07) is 1.70. The summed E-state index contributed by atoms with van der Waals surface area (Å²) in [6.45, 7) is 2.58. The Balaban J connectivity index is 2.72. The van der Waals surface area contributed by atoms with Crippen LogP contribution in [-0.4, -0.2) is 34.1 Å². The maximum Gasteiger partial charge on any atom is 0.323 e. The predicted molar refractivity (Wildman–Crippen MR) is 52.2 cm³/mol. The van der Waals surface area contributed by atoms with Crippen LogP contribution in [0.15, 0.2) is 18.5 Å². The van der Waals surface area contributed by atoms with Crippen molar-refractivity contribution < 1.29 is 9.90 Å². The number of carboxylic acid groups (broad SMARTS) is 1. The summed E-state index contributed by atoms with van der Waals surface area (Å²) >= 11 is 0. The van der Waals surface area contributed by atoms with Crippen LogP contribution in [-0.2, 0) is 4.79 Å². The summed E-state index contributed by atoms with van der Waals surface area (Å²) in [5.41, 5.74) is 0. The van der Waals surface area contributed by atoms with E-state index in [0.717, 1.165) is 6.42 Å². The van der Waals surface area contributed by atoms with Crippen LogP contribution in [0, 0.1) is 0 Å². The van der Waals surface area contributed by atoms with Crippen molar-refractivity contribution in [2.45, 2.75) is 13.3 Å². The molecule has 0 saturated heterocycles. The van der Waals surface area contributed by atoms with Gasteiger partial charge in [0.15, 0.2) is 0 Å². The monoisotopic (exact) mass is 195 g/mol. The molecule has 0 fully saturated rings. The Kier molecular flexibility index (Phi) is 3.84. The summed E-state index contributed by atoms with van der Waals surface area (Å²) in [7, 11) is 0. The Morgan fingerprint density at radius 2 is 2.14 bits per heavy atom. The van der Waals surface area contributed by atoms with Crippen LogP contribution >= 0.6 is 0 Å². The number of hydrogen-bond donors (Lipinski definition) is 1. The first-order valence-electron chi connectivity index (χ1n) is 4.47. The number of aliphatic carboxylic acids is 1. The molecule has 1 rings (SSSR count). The third-order valence-corrected chi connectivity index (χ3v) is 1.65. The van der Waals surface area contributed by atoms with Gasteiger partial charge in [0.1, 0.15) is 6.54 Å². The lowest BCUT2D eigenvalue weighted by atomic mass is 10.4. The van der Waals surface area contributed by atoms with Crippen LogP contribution in [0.4, 0.5) is 5.95 Å². The molecule has 1 N–H and O–H groups in total. The van der Waals surface area contributed by atoms with Crippen molar-refractivity contribution in [3.8, 4) is 0 Å². The third-order valence-electron chi connectivity index (χ3n) is 1.65. The molecule has 0 bridgehead atoms. The molecule has 0 aliphatic carbocycles. The van der Waals surface area contributed by atoms with Crippen molar-refractivity contribution >= 4 is 11.9 Å². The van der Waals surface area contributed by atoms with Crippen molar-refractivity contribution in [2.75, 3.05) is 18.0 Å². The van der Waals surface area contributed by atoms with Gasteiger partial charge in [-0.1, -0.05) is 6.92 Å². The van der Waals surface area contributed by atoms with Gasteiger partial charge in [0, 0.05) is 18.9 Å². The molecule has 0 radical (unpaired) electrons. The van der Waals surface area contributed by atoms with E-state index in [4.69, 9.17) is 5.11 Å². The molecular formula is C9H13N3O2. The predicted octanol–water partition coefficient (Wildman–Crippen LogP) is 0.778. The summed E-state index contributed by atoms with van der Waals surface area (Å²) < 4.78 is 0. The normalized spacial score (nSPS) is 9.79. The second-order valence-corrected chi connectivity index (χ2v) is 2.86. The van der Waals surface area contributed by atoms with Crippen LogP contribution in [0.5, 0.6) is 0 Å². The molecule has 1 aromatic rings. The first-order valence-corrected chi connectivity index (χ1v) is 4.47. The van der Waals surface area contributed by atoms with Crippen LogP contribution in [0.2, 0.25) is 0 Å². The number of anilines is 1. The van der Waals surface area contributed by atoms with Gasteiger partial charge in [-0.25, -0.2) is 9.97 Å². The minimum absolute atomic E-state index is 0.0577. The molecule has 76 valence electrons. The number of carbonyl (C=O) groups is 1. The average Bonchev–Trinajstić information content (AvgIpc) is 2.18. The lowest BCUT2D eigenvalue weighted by Gasteiger charge is -2.18. The Labute approximate surface area is 82.4 Å². The number of hydrogen-bond acceptors (Lipinski definition) is 4. The van der Waals surface area contributed by atoms with Crippen LogP contribution in [0.1, 0.15) is 13.3 Å². The molecule has 0 aliphatic rings. The van der Waals surface area contributed by atoms with Gasteiger partial charge in [-0.2, -0.15) is 0 Å². The van der Waals surface area contributed by atoms with Gasteiger partial charge < -0.3 is 10.0 Å². The molecule has 0 unspecified atom stereocenters. The second kappa shape index (κ2) is 5.16. The Hall–Kier alpha value is -1.65. The number of nitrogens with zero attached hydrogens (tertiary/aromatic N) is 3. The fourth-order valence-corrected chi connectivity index (χ4v) is 1.14. The highest BCUT2D eigenvalue weighted by Crippen LogP contribution is 2.04. The van der Waals surface area contributed by atoms with Gasteiger partial charge in [0.2, 0.25) is 5.95 Å². The Bertz CT molecular complexity index is 289.